The maximum absolute atomic E-state index is 11.8. The lowest BCUT2D eigenvalue weighted by Crippen LogP contribution is -2.31. The van der Waals surface area contributed by atoms with Crippen LogP contribution < -0.4 is 0 Å². The molecule has 2 rings (SSSR count). The third-order valence-electron chi connectivity index (χ3n) is 3.54. The first-order chi connectivity index (χ1) is 6.79. The van der Waals surface area contributed by atoms with Gasteiger partial charge in [0.25, 0.3) is 0 Å². The van der Waals surface area contributed by atoms with Gasteiger partial charge in [-0.2, -0.15) is 0 Å². The highest BCUT2D eigenvalue weighted by atomic mass is 35.5. The molecule has 0 spiro atoms. The van der Waals surface area contributed by atoms with E-state index in [9.17, 15) is 4.79 Å². The lowest BCUT2D eigenvalue weighted by molar-refractivity contribution is -0.131. The molecule has 2 aliphatic rings. The van der Waals surface area contributed by atoms with Crippen molar-refractivity contribution in [2.75, 3.05) is 19.0 Å². The summed E-state index contributed by atoms with van der Waals surface area (Å²) < 4.78 is 0. The Balaban J connectivity index is 1.74. The Hall–Kier alpha value is -0.240. The van der Waals surface area contributed by atoms with E-state index in [1.165, 1.54) is 19.3 Å². The molecular formula is C11H18ClNO. The zero-order valence-corrected chi connectivity index (χ0v) is 9.30. The highest BCUT2D eigenvalue weighted by Gasteiger charge is 2.28. The van der Waals surface area contributed by atoms with Crippen LogP contribution >= 0.6 is 11.6 Å². The van der Waals surface area contributed by atoms with Gasteiger partial charge in [-0.3, -0.25) is 4.79 Å². The van der Waals surface area contributed by atoms with Crippen molar-refractivity contribution < 1.29 is 4.79 Å². The van der Waals surface area contributed by atoms with Gasteiger partial charge in [-0.15, -0.1) is 11.6 Å². The molecule has 1 heterocycles. The lowest BCUT2D eigenvalue weighted by atomic mass is 9.83. The van der Waals surface area contributed by atoms with Crippen LogP contribution in [0.2, 0.25) is 0 Å². The van der Waals surface area contributed by atoms with E-state index in [-0.39, 0.29) is 0 Å². The van der Waals surface area contributed by atoms with Crippen molar-refractivity contribution in [3.05, 3.63) is 0 Å². The maximum Gasteiger partial charge on any atom is 0.222 e. The molecule has 0 aromatic rings. The third-order valence-corrected chi connectivity index (χ3v) is 3.98. The SMILES string of the molecule is O=C(CC1CCC1)N1CCC(CCl)C1. The first-order valence-electron chi connectivity index (χ1n) is 5.63. The molecule has 80 valence electrons. The lowest BCUT2D eigenvalue weighted by Gasteiger charge is -2.27. The smallest absolute Gasteiger partial charge is 0.222 e. The number of amides is 1. The molecule has 1 unspecified atom stereocenters. The Morgan fingerprint density at radius 3 is 2.57 bits per heavy atom. The second kappa shape index (κ2) is 4.52. The molecule has 0 aromatic heterocycles. The molecule has 1 aliphatic heterocycles. The van der Waals surface area contributed by atoms with Crippen LogP contribution in [0.15, 0.2) is 0 Å². The predicted octanol–water partition coefficient (Wildman–Crippen LogP) is 2.26. The fourth-order valence-corrected chi connectivity index (χ4v) is 2.51. The molecule has 1 saturated carbocycles. The number of carbonyl (C=O) groups excluding carboxylic acids is 1. The number of alkyl halides is 1. The molecule has 1 aliphatic carbocycles. The molecule has 2 fully saturated rings. The van der Waals surface area contributed by atoms with Crippen molar-refractivity contribution in [1.82, 2.24) is 4.90 Å². The molecule has 0 bridgehead atoms. The van der Waals surface area contributed by atoms with Gasteiger partial charge in [0.15, 0.2) is 0 Å². The number of carbonyl (C=O) groups is 1. The number of hydrogen-bond donors (Lipinski definition) is 0. The van der Waals surface area contributed by atoms with Crippen LogP contribution in [-0.2, 0) is 4.79 Å². The first kappa shape index (κ1) is 10.3. The van der Waals surface area contributed by atoms with Crippen LogP contribution in [0.5, 0.6) is 0 Å². The molecule has 2 nitrogen and oxygen atoms in total. The van der Waals surface area contributed by atoms with E-state index >= 15 is 0 Å². The molecule has 0 N–H and O–H groups in total. The third kappa shape index (κ3) is 2.22. The van der Waals surface area contributed by atoms with Gasteiger partial charge < -0.3 is 4.90 Å². The largest absolute Gasteiger partial charge is 0.342 e. The average molecular weight is 216 g/mol. The Kier molecular flexibility index (Phi) is 3.32. The zero-order chi connectivity index (χ0) is 9.97. The Bertz CT molecular complexity index is 215. The minimum absolute atomic E-state index is 0.363. The highest BCUT2D eigenvalue weighted by molar-refractivity contribution is 6.18. The van der Waals surface area contributed by atoms with E-state index in [2.05, 4.69) is 0 Å². The van der Waals surface area contributed by atoms with Gasteiger partial charge in [0.2, 0.25) is 5.91 Å². The second-order valence-electron chi connectivity index (χ2n) is 4.65. The summed E-state index contributed by atoms with van der Waals surface area (Å²) in [4.78, 5) is 13.8. The molecule has 1 amide bonds. The van der Waals surface area contributed by atoms with Crippen molar-refractivity contribution in [2.24, 2.45) is 11.8 Å². The summed E-state index contributed by atoms with van der Waals surface area (Å²) in [5.41, 5.74) is 0. The van der Waals surface area contributed by atoms with Crippen LogP contribution in [0.3, 0.4) is 0 Å². The number of hydrogen-bond acceptors (Lipinski definition) is 1. The van der Waals surface area contributed by atoms with Gasteiger partial charge in [-0.1, -0.05) is 6.42 Å². The Morgan fingerprint density at radius 1 is 1.29 bits per heavy atom. The summed E-state index contributed by atoms with van der Waals surface area (Å²) in [7, 11) is 0. The van der Waals surface area contributed by atoms with Crippen LogP contribution in [0.1, 0.15) is 32.1 Å². The summed E-state index contributed by atoms with van der Waals surface area (Å²) in [5, 5.41) is 0. The fourth-order valence-electron chi connectivity index (χ4n) is 2.26. The average Bonchev–Trinajstić information content (AvgIpc) is 2.59. The standard InChI is InChI=1S/C11H18ClNO/c12-7-10-4-5-13(8-10)11(14)6-9-2-1-3-9/h9-10H,1-8H2. The van der Waals surface area contributed by atoms with E-state index in [4.69, 9.17) is 11.6 Å². The summed E-state index contributed by atoms with van der Waals surface area (Å²) in [6.07, 6.45) is 5.73. The first-order valence-corrected chi connectivity index (χ1v) is 6.17. The minimum Gasteiger partial charge on any atom is -0.342 e. The molecule has 0 radical (unpaired) electrons. The van der Waals surface area contributed by atoms with Crippen molar-refractivity contribution >= 4 is 17.5 Å². The van der Waals surface area contributed by atoms with Gasteiger partial charge in [0, 0.05) is 25.4 Å². The van der Waals surface area contributed by atoms with Crippen LogP contribution in [-0.4, -0.2) is 29.8 Å². The van der Waals surface area contributed by atoms with Gasteiger partial charge in [-0.25, -0.2) is 0 Å². The monoisotopic (exact) mass is 215 g/mol. The van der Waals surface area contributed by atoms with Gasteiger partial charge in [0.05, 0.1) is 0 Å². The van der Waals surface area contributed by atoms with Crippen molar-refractivity contribution in [1.29, 1.82) is 0 Å². The predicted molar refractivity (Wildman–Crippen MR) is 57.4 cm³/mol. The number of nitrogens with zero attached hydrogens (tertiary/aromatic N) is 1. The maximum atomic E-state index is 11.8. The number of likely N-dealkylation sites (tertiary alicyclic amines) is 1. The summed E-state index contributed by atoms with van der Waals surface area (Å²) in [5.74, 6) is 2.30. The van der Waals surface area contributed by atoms with E-state index < -0.39 is 0 Å². The quantitative estimate of drug-likeness (QED) is 0.662. The van der Waals surface area contributed by atoms with Gasteiger partial charge >= 0.3 is 0 Å². The summed E-state index contributed by atoms with van der Waals surface area (Å²) in [6.45, 7) is 1.83. The number of halogens is 1. The van der Waals surface area contributed by atoms with E-state index in [1.807, 2.05) is 4.90 Å². The Labute approximate surface area is 90.6 Å². The topological polar surface area (TPSA) is 20.3 Å². The van der Waals surface area contributed by atoms with E-state index in [0.29, 0.717) is 23.6 Å². The minimum atomic E-state index is 0.363. The van der Waals surface area contributed by atoms with Crippen molar-refractivity contribution in [2.45, 2.75) is 32.1 Å². The van der Waals surface area contributed by atoms with E-state index in [0.717, 1.165) is 25.9 Å². The van der Waals surface area contributed by atoms with Crippen LogP contribution in [0.4, 0.5) is 0 Å². The zero-order valence-electron chi connectivity index (χ0n) is 8.54. The molecule has 3 heteroatoms. The van der Waals surface area contributed by atoms with Crippen molar-refractivity contribution in [3.63, 3.8) is 0 Å². The molecule has 1 saturated heterocycles. The second-order valence-corrected chi connectivity index (χ2v) is 4.96. The molecular weight excluding hydrogens is 198 g/mol. The molecule has 0 aromatic carbocycles. The summed E-state index contributed by atoms with van der Waals surface area (Å²) >= 11 is 5.78. The summed E-state index contributed by atoms with van der Waals surface area (Å²) in [6, 6.07) is 0. The van der Waals surface area contributed by atoms with Crippen LogP contribution in [0, 0.1) is 11.8 Å². The molecule has 14 heavy (non-hydrogen) atoms. The molecule has 1 atom stereocenters. The Morgan fingerprint density at radius 2 is 2.07 bits per heavy atom. The highest BCUT2D eigenvalue weighted by Crippen LogP contribution is 2.30. The fraction of sp³-hybridized carbons (Fsp3) is 0.909. The van der Waals surface area contributed by atoms with Gasteiger partial charge in [0.1, 0.15) is 0 Å². The van der Waals surface area contributed by atoms with Crippen molar-refractivity contribution in [3.8, 4) is 0 Å². The van der Waals surface area contributed by atoms with Gasteiger partial charge in [-0.05, 0) is 31.1 Å². The normalized spacial score (nSPS) is 27.8. The number of rotatable bonds is 3. The van der Waals surface area contributed by atoms with Crippen LogP contribution in [0.25, 0.3) is 0 Å². The van der Waals surface area contributed by atoms with E-state index in [1.54, 1.807) is 0 Å².